The lowest BCUT2D eigenvalue weighted by Crippen LogP contribution is -2.43. The van der Waals surface area contributed by atoms with Gasteiger partial charge in [0, 0.05) is 25.3 Å². The van der Waals surface area contributed by atoms with Crippen molar-refractivity contribution in [2.75, 3.05) is 33.4 Å². The number of hydrogen-bond acceptors (Lipinski definition) is 6. The van der Waals surface area contributed by atoms with E-state index in [2.05, 4.69) is 4.90 Å². The minimum Gasteiger partial charge on any atom is -0.465 e. The van der Waals surface area contributed by atoms with Crippen molar-refractivity contribution in [3.63, 3.8) is 0 Å². The number of carbonyl (C=O) groups excluding carboxylic acids is 1. The number of esters is 1. The quantitative estimate of drug-likeness (QED) is 0.320. The maximum absolute atomic E-state index is 13.7. The summed E-state index contributed by atoms with van der Waals surface area (Å²) in [5.41, 5.74) is 0.338. The van der Waals surface area contributed by atoms with E-state index >= 15 is 0 Å². The number of benzene rings is 2. The topological polar surface area (TPSA) is 61.1 Å². The van der Waals surface area contributed by atoms with Gasteiger partial charge in [-0.2, -0.15) is 0 Å². The Hall–Kier alpha value is -2.93. The minimum absolute atomic E-state index is 0.168. The van der Waals surface area contributed by atoms with Gasteiger partial charge >= 0.3 is 5.97 Å². The fourth-order valence-corrected chi connectivity index (χ4v) is 4.10. The van der Waals surface area contributed by atoms with E-state index in [4.69, 9.17) is 18.6 Å². The minimum atomic E-state index is -1.47. The molecule has 6 heteroatoms. The molecule has 0 saturated carbocycles. The van der Waals surface area contributed by atoms with Gasteiger partial charge in [-0.1, -0.05) is 60.7 Å². The highest BCUT2D eigenvalue weighted by Gasteiger charge is 2.49. The summed E-state index contributed by atoms with van der Waals surface area (Å²) in [5.74, 6) is -0.0376. The number of rotatable bonds is 11. The Morgan fingerprint density at radius 1 is 1.03 bits per heavy atom. The van der Waals surface area contributed by atoms with Crippen LogP contribution in [0.3, 0.4) is 0 Å². The second-order valence-electron chi connectivity index (χ2n) is 8.34. The van der Waals surface area contributed by atoms with Gasteiger partial charge in [-0.3, -0.25) is 0 Å². The molecule has 3 aromatic rings. The highest BCUT2D eigenvalue weighted by Crippen LogP contribution is 2.36. The maximum atomic E-state index is 13.7. The molecular weight excluding hydrogens is 418 g/mol. The Morgan fingerprint density at radius 3 is 2.45 bits per heavy atom. The van der Waals surface area contributed by atoms with Crippen molar-refractivity contribution in [2.45, 2.75) is 31.2 Å². The number of furan rings is 1. The molecule has 1 aliphatic heterocycles. The molecular formula is C27H31NO5. The molecule has 0 aliphatic carbocycles. The molecule has 0 spiro atoms. The molecule has 0 radical (unpaired) electrons. The van der Waals surface area contributed by atoms with Crippen LogP contribution >= 0.6 is 0 Å². The molecule has 0 bridgehead atoms. The maximum Gasteiger partial charge on any atom is 0.351 e. The van der Waals surface area contributed by atoms with Gasteiger partial charge in [0.1, 0.15) is 6.10 Å². The molecule has 33 heavy (non-hydrogen) atoms. The lowest BCUT2D eigenvalue weighted by Gasteiger charge is -2.31. The van der Waals surface area contributed by atoms with Crippen molar-refractivity contribution in [3.05, 3.63) is 95.9 Å². The average molecular weight is 450 g/mol. The first-order valence-electron chi connectivity index (χ1n) is 11.4. The molecule has 0 amide bonds. The molecule has 0 N–H and O–H groups in total. The molecule has 2 atom stereocenters. The van der Waals surface area contributed by atoms with Crippen LogP contribution in [0.2, 0.25) is 0 Å². The first kappa shape index (κ1) is 23.2. The zero-order valence-electron chi connectivity index (χ0n) is 19.0. The van der Waals surface area contributed by atoms with Crippen LogP contribution in [0.25, 0.3) is 0 Å². The summed E-state index contributed by atoms with van der Waals surface area (Å²) in [5, 5.41) is 0. The van der Waals surface area contributed by atoms with E-state index in [0.29, 0.717) is 44.1 Å². The van der Waals surface area contributed by atoms with E-state index in [9.17, 15) is 4.79 Å². The standard InChI is InChI=1S/C27H31NO5/c1-28-16-15-24(20-28)33-26(29)27(25-14-8-18-31-25,23-12-6-3-7-13-23)32-19-9-17-30-21-22-10-4-2-5-11-22/h2-8,10-14,18,24H,9,15-17,19-21H2,1H3. The van der Waals surface area contributed by atoms with E-state index in [0.717, 1.165) is 18.5 Å². The van der Waals surface area contributed by atoms with E-state index < -0.39 is 11.6 Å². The SMILES string of the molecule is CN1CCC(OC(=O)C(OCCCOCc2ccccc2)(c2ccccc2)c2ccco2)C1. The Balaban J connectivity index is 1.47. The van der Waals surface area contributed by atoms with Crippen molar-refractivity contribution in [1.29, 1.82) is 0 Å². The van der Waals surface area contributed by atoms with Gasteiger partial charge in [-0.05, 0) is 37.6 Å². The third-order valence-corrected chi connectivity index (χ3v) is 5.82. The summed E-state index contributed by atoms with van der Waals surface area (Å²) < 4.78 is 23.8. The Bertz CT molecular complexity index is 976. The van der Waals surface area contributed by atoms with Gasteiger partial charge in [-0.25, -0.2) is 4.79 Å². The smallest absolute Gasteiger partial charge is 0.351 e. The number of carbonyl (C=O) groups is 1. The van der Waals surface area contributed by atoms with E-state index in [1.165, 1.54) is 0 Å². The van der Waals surface area contributed by atoms with Gasteiger partial charge in [-0.15, -0.1) is 0 Å². The Morgan fingerprint density at radius 2 is 1.79 bits per heavy atom. The van der Waals surface area contributed by atoms with E-state index in [1.807, 2.05) is 67.7 Å². The molecule has 2 aromatic carbocycles. The molecule has 1 fully saturated rings. The number of likely N-dealkylation sites (tertiary alicyclic amines) is 1. The number of likely N-dealkylation sites (N-methyl/N-ethyl adjacent to an activating group) is 1. The van der Waals surface area contributed by atoms with Crippen LogP contribution in [0.15, 0.2) is 83.5 Å². The summed E-state index contributed by atoms with van der Waals surface area (Å²) in [6.45, 7) is 2.98. The molecule has 1 saturated heterocycles. The Kier molecular flexibility index (Phi) is 7.94. The molecule has 1 aliphatic rings. The van der Waals surface area contributed by atoms with Crippen LogP contribution in [0.5, 0.6) is 0 Å². The van der Waals surface area contributed by atoms with Crippen LogP contribution in [0, 0.1) is 0 Å². The molecule has 2 heterocycles. The molecule has 1 aromatic heterocycles. The van der Waals surface area contributed by atoms with Crippen molar-refractivity contribution in [1.82, 2.24) is 4.90 Å². The summed E-state index contributed by atoms with van der Waals surface area (Å²) in [6.07, 6.45) is 2.81. The van der Waals surface area contributed by atoms with Gasteiger partial charge < -0.3 is 23.5 Å². The molecule has 6 nitrogen and oxygen atoms in total. The summed E-state index contributed by atoms with van der Waals surface area (Å²) >= 11 is 0. The van der Waals surface area contributed by atoms with Crippen LogP contribution in [-0.4, -0.2) is 50.3 Å². The second kappa shape index (κ2) is 11.3. The van der Waals surface area contributed by atoms with Crippen LogP contribution in [0.4, 0.5) is 0 Å². The zero-order chi connectivity index (χ0) is 22.9. The number of ether oxygens (including phenoxy) is 3. The first-order valence-corrected chi connectivity index (χ1v) is 11.4. The van der Waals surface area contributed by atoms with Crippen LogP contribution < -0.4 is 0 Å². The predicted octanol–water partition coefficient (Wildman–Crippen LogP) is 4.39. The normalized spacial score (nSPS) is 18.2. The Labute approximate surface area is 195 Å². The number of hydrogen-bond donors (Lipinski definition) is 0. The zero-order valence-corrected chi connectivity index (χ0v) is 19.0. The third-order valence-electron chi connectivity index (χ3n) is 5.82. The molecule has 4 rings (SSSR count). The van der Waals surface area contributed by atoms with Crippen molar-refractivity contribution < 1.29 is 23.4 Å². The summed E-state index contributed by atoms with van der Waals surface area (Å²) in [7, 11) is 2.02. The summed E-state index contributed by atoms with van der Waals surface area (Å²) in [6, 6.07) is 23.0. The van der Waals surface area contributed by atoms with Gasteiger partial charge in [0.15, 0.2) is 5.76 Å². The fourth-order valence-electron chi connectivity index (χ4n) is 4.10. The van der Waals surface area contributed by atoms with Crippen molar-refractivity contribution >= 4 is 5.97 Å². The highest BCUT2D eigenvalue weighted by atomic mass is 16.6. The predicted molar refractivity (Wildman–Crippen MR) is 125 cm³/mol. The average Bonchev–Trinajstić information content (AvgIpc) is 3.52. The molecule has 2 unspecified atom stereocenters. The van der Waals surface area contributed by atoms with Crippen LogP contribution in [0.1, 0.15) is 29.7 Å². The third kappa shape index (κ3) is 5.71. The first-order chi connectivity index (χ1) is 16.2. The fraction of sp³-hybridized carbons (Fsp3) is 0.370. The van der Waals surface area contributed by atoms with Gasteiger partial charge in [0.2, 0.25) is 5.60 Å². The van der Waals surface area contributed by atoms with E-state index in [1.54, 1.807) is 18.4 Å². The van der Waals surface area contributed by atoms with Crippen molar-refractivity contribution in [2.24, 2.45) is 0 Å². The largest absolute Gasteiger partial charge is 0.465 e. The van der Waals surface area contributed by atoms with Gasteiger partial charge in [0.25, 0.3) is 0 Å². The lowest BCUT2D eigenvalue weighted by atomic mass is 9.90. The lowest BCUT2D eigenvalue weighted by molar-refractivity contribution is -0.176. The van der Waals surface area contributed by atoms with E-state index in [-0.39, 0.29) is 6.10 Å². The number of nitrogens with zero attached hydrogens (tertiary/aromatic N) is 1. The van der Waals surface area contributed by atoms with Crippen molar-refractivity contribution in [3.8, 4) is 0 Å². The molecule has 174 valence electrons. The summed E-state index contributed by atoms with van der Waals surface area (Å²) in [4.78, 5) is 15.8. The van der Waals surface area contributed by atoms with Gasteiger partial charge in [0.05, 0.1) is 19.5 Å². The van der Waals surface area contributed by atoms with Crippen LogP contribution in [-0.2, 0) is 31.2 Å². The highest BCUT2D eigenvalue weighted by molar-refractivity contribution is 5.85. The monoisotopic (exact) mass is 449 g/mol. The second-order valence-corrected chi connectivity index (χ2v) is 8.34.